The predicted octanol–water partition coefficient (Wildman–Crippen LogP) is 3.79. The SMILES string of the molecule is Cc1nn(C2CC2(C)C#N)cc1Nc1ncc(C(F)(F)F)c(NC2CC2)n1. The van der Waals surface area contributed by atoms with Crippen molar-refractivity contribution >= 4 is 17.5 Å². The van der Waals surface area contributed by atoms with Gasteiger partial charge in [0.1, 0.15) is 11.4 Å². The van der Waals surface area contributed by atoms with E-state index in [2.05, 4.69) is 31.8 Å². The molecule has 10 heteroatoms. The van der Waals surface area contributed by atoms with E-state index in [9.17, 15) is 18.4 Å². The summed E-state index contributed by atoms with van der Waals surface area (Å²) in [6, 6.07) is 2.30. The van der Waals surface area contributed by atoms with Crippen LogP contribution in [0.5, 0.6) is 0 Å². The Bertz CT molecular complexity index is 926. The van der Waals surface area contributed by atoms with Crippen LogP contribution in [-0.2, 0) is 6.18 Å². The van der Waals surface area contributed by atoms with Gasteiger partial charge in [0.2, 0.25) is 5.95 Å². The van der Waals surface area contributed by atoms with Crippen LogP contribution in [-0.4, -0.2) is 25.8 Å². The van der Waals surface area contributed by atoms with Crippen LogP contribution in [0.25, 0.3) is 0 Å². The molecule has 2 aromatic heterocycles. The molecule has 2 fully saturated rings. The Kier molecular flexibility index (Phi) is 3.80. The van der Waals surface area contributed by atoms with Gasteiger partial charge < -0.3 is 10.6 Å². The zero-order valence-corrected chi connectivity index (χ0v) is 14.8. The number of aryl methyl sites for hydroxylation is 1. The van der Waals surface area contributed by atoms with Crippen molar-refractivity contribution in [1.29, 1.82) is 5.26 Å². The number of nitriles is 1. The summed E-state index contributed by atoms with van der Waals surface area (Å²) in [6.45, 7) is 3.65. The number of halogens is 3. The van der Waals surface area contributed by atoms with Crippen LogP contribution in [0.2, 0.25) is 0 Å². The Morgan fingerprint density at radius 1 is 1.37 bits per heavy atom. The van der Waals surface area contributed by atoms with E-state index in [4.69, 9.17) is 0 Å². The van der Waals surface area contributed by atoms with E-state index in [1.807, 2.05) is 6.92 Å². The van der Waals surface area contributed by atoms with E-state index in [0.29, 0.717) is 11.4 Å². The molecule has 2 heterocycles. The van der Waals surface area contributed by atoms with Crippen LogP contribution >= 0.6 is 0 Å². The molecule has 2 aliphatic carbocycles. The minimum Gasteiger partial charge on any atom is -0.367 e. The molecule has 142 valence electrons. The second-order valence-corrected chi connectivity index (χ2v) is 7.35. The third-order valence-electron chi connectivity index (χ3n) is 4.94. The first-order chi connectivity index (χ1) is 12.7. The molecular formula is C17H18F3N7. The standard InChI is InChI=1S/C17H18F3N7/c1-9-12(7-27(26-9)13-5-16(13,2)8-21)24-15-22-6-11(17(18,19)20)14(25-15)23-10-3-4-10/h6-7,10,13H,3-5H2,1-2H3,(H2,22,23,24,25). The molecule has 0 spiro atoms. The van der Waals surface area contributed by atoms with Gasteiger partial charge in [-0.2, -0.15) is 28.5 Å². The quantitative estimate of drug-likeness (QED) is 0.824. The molecule has 0 aliphatic heterocycles. The van der Waals surface area contributed by atoms with Crippen molar-refractivity contribution in [3.63, 3.8) is 0 Å². The Morgan fingerprint density at radius 2 is 2.11 bits per heavy atom. The van der Waals surface area contributed by atoms with Gasteiger partial charge in [0, 0.05) is 18.4 Å². The molecule has 0 amide bonds. The number of nitrogens with zero attached hydrogens (tertiary/aromatic N) is 5. The summed E-state index contributed by atoms with van der Waals surface area (Å²) < 4.78 is 41.2. The average molecular weight is 377 g/mol. The lowest BCUT2D eigenvalue weighted by Crippen LogP contribution is -2.15. The molecule has 2 saturated carbocycles. The highest BCUT2D eigenvalue weighted by molar-refractivity contribution is 5.58. The first-order valence-electron chi connectivity index (χ1n) is 8.64. The van der Waals surface area contributed by atoms with E-state index in [1.54, 1.807) is 17.8 Å². The van der Waals surface area contributed by atoms with Crippen LogP contribution in [0.4, 0.5) is 30.6 Å². The molecule has 2 aromatic rings. The van der Waals surface area contributed by atoms with Crippen molar-refractivity contribution < 1.29 is 13.2 Å². The molecule has 0 saturated heterocycles. The zero-order valence-electron chi connectivity index (χ0n) is 14.8. The minimum atomic E-state index is -4.52. The summed E-state index contributed by atoms with van der Waals surface area (Å²) in [7, 11) is 0. The first kappa shape index (κ1) is 17.6. The van der Waals surface area contributed by atoms with Gasteiger partial charge in [0.25, 0.3) is 0 Å². The number of hydrogen-bond acceptors (Lipinski definition) is 6. The van der Waals surface area contributed by atoms with Crippen LogP contribution in [0, 0.1) is 23.7 Å². The summed E-state index contributed by atoms with van der Waals surface area (Å²) in [5, 5.41) is 19.3. The summed E-state index contributed by atoms with van der Waals surface area (Å²) in [5.74, 6) is -0.153. The molecule has 2 unspecified atom stereocenters. The monoisotopic (exact) mass is 377 g/mol. The molecule has 0 radical (unpaired) electrons. The normalized spacial score (nSPS) is 24.4. The summed E-state index contributed by atoms with van der Waals surface area (Å²) in [4.78, 5) is 7.84. The Morgan fingerprint density at radius 3 is 2.70 bits per heavy atom. The molecule has 4 rings (SSSR count). The van der Waals surface area contributed by atoms with Crippen LogP contribution in [0.1, 0.15) is 43.5 Å². The minimum absolute atomic E-state index is 0.00244. The lowest BCUT2D eigenvalue weighted by molar-refractivity contribution is -0.137. The molecular weight excluding hydrogens is 359 g/mol. The molecule has 0 aromatic carbocycles. The van der Waals surface area contributed by atoms with E-state index < -0.39 is 17.2 Å². The van der Waals surface area contributed by atoms with Gasteiger partial charge >= 0.3 is 6.18 Å². The smallest absolute Gasteiger partial charge is 0.367 e. The highest BCUT2D eigenvalue weighted by Crippen LogP contribution is 2.55. The fourth-order valence-electron chi connectivity index (χ4n) is 2.91. The van der Waals surface area contributed by atoms with Crippen molar-refractivity contribution in [3.8, 4) is 6.07 Å². The molecule has 2 aliphatic rings. The van der Waals surface area contributed by atoms with Crippen LogP contribution < -0.4 is 10.6 Å². The summed E-state index contributed by atoms with van der Waals surface area (Å²) >= 11 is 0. The maximum atomic E-state index is 13.2. The summed E-state index contributed by atoms with van der Waals surface area (Å²) in [5.41, 5.74) is -0.0566. The number of rotatable bonds is 5. The number of aromatic nitrogens is 4. The van der Waals surface area contributed by atoms with Gasteiger partial charge in [-0.3, -0.25) is 4.68 Å². The lowest BCUT2D eigenvalue weighted by Gasteiger charge is -2.14. The third kappa shape index (κ3) is 3.41. The number of anilines is 3. The van der Waals surface area contributed by atoms with Gasteiger partial charge in [0.05, 0.1) is 28.9 Å². The summed E-state index contributed by atoms with van der Waals surface area (Å²) in [6.07, 6.45) is 0.371. The maximum Gasteiger partial charge on any atom is 0.421 e. The fourth-order valence-corrected chi connectivity index (χ4v) is 2.91. The van der Waals surface area contributed by atoms with Crippen molar-refractivity contribution in [2.24, 2.45) is 5.41 Å². The molecule has 0 bridgehead atoms. The Labute approximate surface area is 153 Å². The van der Waals surface area contributed by atoms with Crippen molar-refractivity contribution in [1.82, 2.24) is 19.7 Å². The third-order valence-corrected chi connectivity index (χ3v) is 4.94. The van der Waals surface area contributed by atoms with Crippen molar-refractivity contribution in [2.75, 3.05) is 10.6 Å². The fraction of sp³-hybridized carbons (Fsp3) is 0.529. The second-order valence-electron chi connectivity index (χ2n) is 7.35. The maximum absolute atomic E-state index is 13.2. The first-order valence-corrected chi connectivity index (χ1v) is 8.64. The Hall–Kier alpha value is -2.83. The van der Waals surface area contributed by atoms with Gasteiger partial charge in [-0.15, -0.1) is 0 Å². The largest absolute Gasteiger partial charge is 0.421 e. The highest BCUT2D eigenvalue weighted by Gasteiger charge is 2.53. The van der Waals surface area contributed by atoms with E-state index in [1.165, 1.54) is 0 Å². The van der Waals surface area contributed by atoms with E-state index in [-0.39, 0.29) is 23.8 Å². The average Bonchev–Trinajstić information content (AvgIpc) is 3.49. The van der Waals surface area contributed by atoms with E-state index >= 15 is 0 Å². The van der Waals surface area contributed by atoms with Gasteiger partial charge in [-0.25, -0.2) is 4.98 Å². The predicted molar refractivity (Wildman–Crippen MR) is 91.3 cm³/mol. The number of nitrogens with one attached hydrogen (secondary N) is 2. The lowest BCUT2D eigenvalue weighted by atomic mass is 10.2. The van der Waals surface area contributed by atoms with Crippen LogP contribution in [0.15, 0.2) is 12.4 Å². The topological polar surface area (TPSA) is 91.5 Å². The molecule has 2 atom stereocenters. The van der Waals surface area contributed by atoms with Crippen molar-refractivity contribution in [2.45, 2.75) is 51.4 Å². The van der Waals surface area contributed by atoms with Gasteiger partial charge in [0.15, 0.2) is 0 Å². The van der Waals surface area contributed by atoms with Crippen molar-refractivity contribution in [3.05, 3.63) is 23.7 Å². The number of hydrogen-bond donors (Lipinski definition) is 2. The molecule has 2 N–H and O–H groups in total. The van der Waals surface area contributed by atoms with Crippen LogP contribution in [0.3, 0.4) is 0 Å². The van der Waals surface area contributed by atoms with Gasteiger partial charge in [-0.1, -0.05) is 0 Å². The molecule has 27 heavy (non-hydrogen) atoms. The Balaban J connectivity index is 1.58. The van der Waals surface area contributed by atoms with Gasteiger partial charge in [-0.05, 0) is 33.1 Å². The second kappa shape index (κ2) is 5.84. The van der Waals surface area contributed by atoms with E-state index in [0.717, 1.165) is 25.5 Å². The highest BCUT2D eigenvalue weighted by atomic mass is 19.4. The number of alkyl halides is 3. The zero-order chi connectivity index (χ0) is 19.4. The molecule has 7 nitrogen and oxygen atoms in total.